The van der Waals surface area contributed by atoms with Gasteiger partial charge < -0.3 is 21.7 Å². The third kappa shape index (κ3) is 9.01. The van der Waals surface area contributed by atoms with Crippen LogP contribution in [-0.2, 0) is 17.9 Å². The minimum absolute atomic E-state index is 0. The van der Waals surface area contributed by atoms with Crippen LogP contribution in [0.15, 0.2) is 59.6 Å². The maximum absolute atomic E-state index is 12.0. The van der Waals surface area contributed by atoms with E-state index in [1.807, 2.05) is 12.1 Å². The standard InChI is InChI=1S/C24H32N6O2.HI/c1-26-24(28-15-18-7-9-20(10-8-18)23(32)27-16-22(25)31)29-21-11-13-30(14-12-21)17-19-5-3-2-4-6-19;/h2-10,21H,11-17H2,1H3,(H2,25,31)(H,27,32)(H2,26,28,29);1H. The number of halogens is 1. The van der Waals surface area contributed by atoms with Crippen LogP contribution in [0.2, 0.25) is 0 Å². The molecule has 8 nitrogen and oxygen atoms in total. The molecule has 5 N–H and O–H groups in total. The topological polar surface area (TPSA) is 112 Å². The monoisotopic (exact) mass is 564 g/mol. The highest BCUT2D eigenvalue weighted by molar-refractivity contribution is 14.0. The van der Waals surface area contributed by atoms with Crippen LogP contribution < -0.4 is 21.7 Å². The molecule has 1 heterocycles. The van der Waals surface area contributed by atoms with Crippen LogP contribution >= 0.6 is 24.0 Å². The number of hydrogen-bond donors (Lipinski definition) is 4. The van der Waals surface area contributed by atoms with Gasteiger partial charge in [-0.25, -0.2) is 0 Å². The first-order chi connectivity index (χ1) is 15.5. The zero-order valence-corrected chi connectivity index (χ0v) is 21.3. The fraction of sp³-hybridized carbons (Fsp3) is 0.375. The molecule has 0 saturated carbocycles. The first-order valence-electron chi connectivity index (χ1n) is 10.9. The molecule has 1 saturated heterocycles. The maximum atomic E-state index is 12.0. The van der Waals surface area contributed by atoms with Crippen molar-refractivity contribution in [2.75, 3.05) is 26.7 Å². The average Bonchev–Trinajstić information content (AvgIpc) is 2.82. The van der Waals surface area contributed by atoms with Gasteiger partial charge in [0.15, 0.2) is 5.96 Å². The predicted molar refractivity (Wildman–Crippen MR) is 141 cm³/mol. The number of carbonyl (C=O) groups excluding carboxylic acids is 2. The number of nitrogens with one attached hydrogen (secondary N) is 3. The second kappa shape index (κ2) is 13.8. The Labute approximate surface area is 212 Å². The van der Waals surface area contributed by atoms with Gasteiger partial charge in [-0.05, 0) is 36.1 Å². The van der Waals surface area contributed by atoms with E-state index in [0.29, 0.717) is 18.2 Å². The van der Waals surface area contributed by atoms with Crippen LogP contribution in [0.1, 0.15) is 34.3 Å². The summed E-state index contributed by atoms with van der Waals surface area (Å²) in [7, 11) is 1.77. The molecule has 1 aliphatic heterocycles. The van der Waals surface area contributed by atoms with Gasteiger partial charge in [0.1, 0.15) is 0 Å². The fourth-order valence-electron chi connectivity index (χ4n) is 3.69. The van der Waals surface area contributed by atoms with E-state index in [4.69, 9.17) is 5.73 Å². The minimum Gasteiger partial charge on any atom is -0.368 e. The lowest BCUT2D eigenvalue weighted by Gasteiger charge is -2.33. The lowest BCUT2D eigenvalue weighted by molar-refractivity contribution is -0.117. The van der Waals surface area contributed by atoms with E-state index in [1.54, 1.807) is 19.2 Å². The van der Waals surface area contributed by atoms with Crippen LogP contribution in [0.5, 0.6) is 0 Å². The number of benzene rings is 2. The number of primary amides is 1. The van der Waals surface area contributed by atoms with Crippen molar-refractivity contribution in [2.45, 2.75) is 32.0 Å². The lowest BCUT2D eigenvalue weighted by Crippen LogP contribution is -2.48. The normalized spacial score (nSPS) is 14.8. The third-order valence-electron chi connectivity index (χ3n) is 5.50. The molecule has 0 radical (unpaired) electrons. The van der Waals surface area contributed by atoms with Crippen molar-refractivity contribution in [3.05, 3.63) is 71.3 Å². The Morgan fingerprint density at radius 2 is 1.67 bits per heavy atom. The molecule has 0 unspecified atom stereocenters. The first kappa shape index (κ1) is 26.6. The highest BCUT2D eigenvalue weighted by Crippen LogP contribution is 2.14. The minimum atomic E-state index is -0.570. The molecular weight excluding hydrogens is 531 g/mol. The van der Waals surface area contributed by atoms with Crippen LogP contribution in [0, 0.1) is 0 Å². The molecule has 178 valence electrons. The Balaban J connectivity index is 0.00000385. The summed E-state index contributed by atoms with van der Waals surface area (Å²) in [5.74, 6) is -0.117. The molecule has 2 aromatic carbocycles. The van der Waals surface area contributed by atoms with Gasteiger partial charge in [0.25, 0.3) is 5.91 Å². The molecule has 0 atom stereocenters. The summed E-state index contributed by atoms with van der Waals surface area (Å²) < 4.78 is 0. The Morgan fingerprint density at radius 3 is 2.27 bits per heavy atom. The average molecular weight is 564 g/mol. The van der Waals surface area contributed by atoms with Crippen LogP contribution in [0.3, 0.4) is 0 Å². The summed E-state index contributed by atoms with van der Waals surface area (Å²) in [6.07, 6.45) is 2.14. The van der Waals surface area contributed by atoms with Crippen molar-refractivity contribution in [2.24, 2.45) is 10.7 Å². The molecular formula is C24H33IN6O2. The lowest BCUT2D eigenvalue weighted by atomic mass is 10.0. The molecule has 0 spiro atoms. The van der Waals surface area contributed by atoms with E-state index in [0.717, 1.165) is 44.0 Å². The Hall–Kier alpha value is -2.66. The quantitative estimate of drug-likeness (QED) is 0.222. The molecule has 33 heavy (non-hydrogen) atoms. The predicted octanol–water partition coefficient (Wildman–Crippen LogP) is 1.85. The highest BCUT2D eigenvalue weighted by Gasteiger charge is 2.20. The Kier molecular flexibility index (Phi) is 11.1. The van der Waals surface area contributed by atoms with E-state index >= 15 is 0 Å². The van der Waals surface area contributed by atoms with Crippen molar-refractivity contribution >= 4 is 41.8 Å². The van der Waals surface area contributed by atoms with Gasteiger partial charge in [-0.15, -0.1) is 24.0 Å². The summed E-state index contributed by atoms with van der Waals surface area (Å²) in [6.45, 7) is 3.54. The number of amides is 2. The molecule has 0 aromatic heterocycles. The number of nitrogens with zero attached hydrogens (tertiary/aromatic N) is 2. The van der Waals surface area contributed by atoms with E-state index in [9.17, 15) is 9.59 Å². The van der Waals surface area contributed by atoms with Crippen molar-refractivity contribution in [3.8, 4) is 0 Å². The Morgan fingerprint density at radius 1 is 1.00 bits per heavy atom. The zero-order valence-electron chi connectivity index (χ0n) is 18.9. The van der Waals surface area contributed by atoms with Gasteiger partial charge in [0.2, 0.25) is 5.91 Å². The van der Waals surface area contributed by atoms with Crippen molar-refractivity contribution in [1.82, 2.24) is 20.9 Å². The van der Waals surface area contributed by atoms with Gasteiger partial charge >= 0.3 is 0 Å². The number of carbonyl (C=O) groups is 2. The van der Waals surface area contributed by atoms with Gasteiger partial charge in [0, 0.05) is 44.8 Å². The number of guanidine groups is 1. The van der Waals surface area contributed by atoms with Crippen molar-refractivity contribution in [1.29, 1.82) is 0 Å². The van der Waals surface area contributed by atoms with Gasteiger partial charge in [0.05, 0.1) is 6.54 Å². The molecule has 0 aliphatic carbocycles. The van der Waals surface area contributed by atoms with Gasteiger partial charge in [-0.2, -0.15) is 0 Å². The van der Waals surface area contributed by atoms with Crippen molar-refractivity contribution in [3.63, 3.8) is 0 Å². The number of likely N-dealkylation sites (tertiary alicyclic amines) is 1. The maximum Gasteiger partial charge on any atom is 0.251 e. The molecule has 3 rings (SSSR count). The highest BCUT2D eigenvalue weighted by atomic mass is 127. The summed E-state index contributed by atoms with van der Waals surface area (Å²) >= 11 is 0. The molecule has 9 heteroatoms. The van der Waals surface area contributed by atoms with Crippen LogP contribution in [0.4, 0.5) is 0 Å². The van der Waals surface area contributed by atoms with E-state index < -0.39 is 5.91 Å². The molecule has 2 amide bonds. The van der Waals surface area contributed by atoms with E-state index in [2.05, 4.69) is 56.2 Å². The molecule has 1 fully saturated rings. The summed E-state index contributed by atoms with van der Waals surface area (Å²) in [5, 5.41) is 9.34. The summed E-state index contributed by atoms with van der Waals surface area (Å²) in [5.41, 5.74) is 7.91. The van der Waals surface area contributed by atoms with Gasteiger partial charge in [-0.3, -0.25) is 19.5 Å². The zero-order chi connectivity index (χ0) is 22.8. The number of piperidine rings is 1. The SMILES string of the molecule is CN=C(NCc1ccc(C(=O)NCC(N)=O)cc1)NC1CCN(Cc2ccccc2)CC1.I. The molecule has 2 aromatic rings. The first-order valence-corrected chi connectivity index (χ1v) is 10.9. The molecule has 0 bridgehead atoms. The van der Waals surface area contributed by atoms with E-state index in [1.165, 1.54) is 5.56 Å². The number of rotatable bonds is 8. The largest absolute Gasteiger partial charge is 0.368 e. The molecule has 1 aliphatic rings. The van der Waals surface area contributed by atoms with Crippen LogP contribution in [0.25, 0.3) is 0 Å². The fourth-order valence-corrected chi connectivity index (χ4v) is 3.69. The smallest absolute Gasteiger partial charge is 0.251 e. The number of aliphatic imine (C=N–C) groups is 1. The Bertz CT molecular complexity index is 912. The second-order valence-corrected chi connectivity index (χ2v) is 7.95. The summed E-state index contributed by atoms with van der Waals surface area (Å²) in [4.78, 5) is 29.6. The third-order valence-corrected chi connectivity index (χ3v) is 5.50. The second-order valence-electron chi connectivity index (χ2n) is 7.95. The van der Waals surface area contributed by atoms with E-state index in [-0.39, 0.29) is 36.4 Å². The number of nitrogens with two attached hydrogens (primary N) is 1. The van der Waals surface area contributed by atoms with Crippen LogP contribution in [-0.4, -0.2) is 55.4 Å². The van der Waals surface area contributed by atoms with Crippen molar-refractivity contribution < 1.29 is 9.59 Å². The summed E-state index contributed by atoms with van der Waals surface area (Å²) in [6, 6.07) is 18.2. The van der Waals surface area contributed by atoms with Gasteiger partial charge in [-0.1, -0.05) is 42.5 Å². The number of hydrogen-bond acceptors (Lipinski definition) is 4.